The molecule has 0 fully saturated rings. The number of nitrogens with zero attached hydrogens (tertiary/aromatic N) is 2. The summed E-state index contributed by atoms with van der Waals surface area (Å²) in [5.74, 6) is 0.809. The highest BCUT2D eigenvalue weighted by atomic mass is 32.1. The molecule has 3 aromatic rings. The number of hydrogen-bond donors (Lipinski definition) is 1. The van der Waals surface area contributed by atoms with Crippen LogP contribution in [0.4, 0.5) is 0 Å². The Morgan fingerprint density at radius 3 is 3.08 bits per heavy atom. The summed E-state index contributed by atoms with van der Waals surface area (Å²) in [4.78, 5) is 17.7. The SMILES string of the molecule is CCOCCCNC(=O)Cc1csc2nc(-c3cccc(OC)c3)cn12. The normalized spacial score (nSPS) is 11.0. The number of carbonyl (C=O) groups is 1. The van der Waals surface area contributed by atoms with Crippen molar-refractivity contribution in [3.8, 4) is 17.0 Å². The van der Waals surface area contributed by atoms with E-state index in [0.717, 1.165) is 34.1 Å². The molecule has 0 spiro atoms. The Bertz CT molecular complexity index is 872. The number of aromatic nitrogens is 2. The lowest BCUT2D eigenvalue weighted by Gasteiger charge is -2.05. The number of thiazole rings is 1. The van der Waals surface area contributed by atoms with Gasteiger partial charge in [-0.25, -0.2) is 4.98 Å². The number of ether oxygens (including phenoxy) is 2. The molecule has 138 valence electrons. The Balaban J connectivity index is 1.67. The number of rotatable bonds is 9. The number of carbonyl (C=O) groups excluding carboxylic acids is 1. The second-order valence-electron chi connectivity index (χ2n) is 5.81. The smallest absolute Gasteiger partial charge is 0.225 e. The average Bonchev–Trinajstić information content (AvgIpc) is 3.24. The van der Waals surface area contributed by atoms with Crippen molar-refractivity contribution in [3.63, 3.8) is 0 Å². The molecule has 0 saturated heterocycles. The van der Waals surface area contributed by atoms with Crippen LogP contribution >= 0.6 is 11.3 Å². The summed E-state index contributed by atoms with van der Waals surface area (Å²) in [5.41, 5.74) is 2.80. The molecule has 6 nitrogen and oxygen atoms in total. The average molecular weight is 373 g/mol. The van der Waals surface area contributed by atoms with Crippen molar-refractivity contribution in [1.29, 1.82) is 0 Å². The minimum Gasteiger partial charge on any atom is -0.497 e. The lowest BCUT2D eigenvalue weighted by molar-refractivity contribution is -0.120. The van der Waals surface area contributed by atoms with Crippen molar-refractivity contribution >= 4 is 22.2 Å². The Labute approximate surface area is 156 Å². The maximum atomic E-state index is 12.1. The minimum absolute atomic E-state index is 0.0119. The summed E-state index contributed by atoms with van der Waals surface area (Å²) >= 11 is 1.54. The van der Waals surface area contributed by atoms with E-state index in [4.69, 9.17) is 9.47 Å². The molecular weight excluding hydrogens is 350 g/mol. The molecule has 3 rings (SSSR count). The number of methoxy groups -OCH3 is 1. The molecule has 1 aromatic carbocycles. The van der Waals surface area contributed by atoms with Crippen LogP contribution in [0.1, 0.15) is 19.0 Å². The van der Waals surface area contributed by atoms with Gasteiger partial charge in [0.1, 0.15) is 5.75 Å². The van der Waals surface area contributed by atoms with Gasteiger partial charge in [0.15, 0.2) is 4.96 Å². The van der Waals surface area contributed by atoms with E-state index < -0.39 is 0 Å². The van der Waals surface area contributed by atoms with Crippen LogP contribution in [0.3, 0.4) is 0 Å². The first-order valence-electron chi connectivity index (χ1n) is 8.65. The largest absolute Gasteiger partial charge is 0.497 e. The zero-order chi connectivity index (χ0) is 18.4. The Hall–Kier alpha value is -2.38. The first kappa shape index (κ1) is 18.4. The van der Waals surface area contributed by atoms with Crippen LogP contribution in [0.25, 0.3) is 16.2 Å². The molecule has 1 N–H and O–H groups in total. The number of hydrogen-bond acceptors (Lipinski definition) is 5. The van der Waals surface area contributed by atoms with Crippen LogP contribution in [-0.2, 0) is 16.0 Å². The van der Waals surface area contributed by atoms with Gasteiger partial charge < -0.3 is 14.8 Å². The van der Waals surface area contributed by atoms with E-state index in [1.54, 1.807) is 7.11 Å². The molecule has 2 heterocycles. The van der Waals surface area contributed by atoms with Gasteiger partial charge in [0, 0.05) is 42.6 Å². The third-order valence-corrected chi connectivity index (χ3v) is 4.87. The van der Waals surface area contributed by atoms with Crippen LogP contribution in [0.2, 0.25) is 0 Å². The van der Waals surface area contributed by atoms with Gasteiger partial charge in [-0.3, -0.25) is 9.20 Å². The van der Waals surface area contributed by atoms with Gasteiger partial charge in [-0.1, -0.05) is 12.1 Å². The Kier molecular flexibility index (Phi) is 6.25. The van der Waals surface area contributed by atoms with E-state index >= 15 is 0 Å². The molecule has 2 aromatic heterocycles. The Morgan fingerprint density at radius 2 is 2.27 bits per heavy atom. The molecule has 0 aliphatic heterocycles. The maximum absolute atomic E-state index is 12.1. The van der Waals surface area contributed by atoms with Crippen molar-refractivity contribution in [2.45, 2.75) is 19.8 Å². The molecule has 7 heteroatoms. The fourth-order valence-electron chi connectivity index (χ4n) is 2.65. The first-order valence-corrected chi connectivity index (χ1v) is 9.53. The standard InChI is InChI=1S/C19H23N3O3S/c1-3-25-9-5-8-20-18(23)11-15-13-26-19-21-17(12-22(15)19)14-6-4-7-16(10-14)24-2/h4,6-7,10,12-13H,3,5,8-9,11H2,1-2H3,(H,20,23). The molecule has 0 unspecified atom stereocenters. The molecular formula is C19H23N3O3S. The van der Waals surface area contributed by atoms with Gasteiger partial charge in [-0.05, 0) is 25.5 Å². The number of nitrogens with one attached hydrogen (secondary N) is 1. The summed E-state index contributed by atoms with van der Waals surface area (Å²) < 4.78 is 12.5. The van der Waals surface area contributed by atoms with E-state index in [9.17, 15) is 4.79 Å². The topological polar surface area (TPSA) is 64.9 Å². The monoisotopic (exact) mass is 373 g/mol. The number of imidazole rings is 1. The fraction of sp³-hybridized carbons (Fsp3) is 0.368. The fourth-order valence-corrected chi connectivity index (χ4v) is 3.52. The van der Waals surface area contributed by atoms with Gasteiger partial charge in [0.25, 0.3) is 0 Å². The first-order chi connectivity index (χ1) is 12.7. The van der Waals surface area contributed by atoms with Crippen molar-refractivity contribution < 1.29 is 14.3 Å². The predicted octanol–water partition coefficient (Wildman–Crippen LogP) is 3.16. The third-order valence-electron chi connectivity index (χ3n) is 3.98. The summed E-state index contributed by atoms with van der Waals surface area (Å²) in [5, 5.41) is 4.92. The quantitative estimate of drug-likeness (QED) is 0.585. The van der Waals surface area contributed by atoms with Crippen LogP contribution in [0.15, 0.2) is 35.8 Å². The van der Waals surface area contributed by atoms with Gasteiger partial charge in [0.05, 0.1) is 19.2 Å². The molecule has 0 aliphatic rings. The van der Waals surface area contributed by atoms with Crippen molar-refractivity contribution in [3.05, 3.63) is 41.5 Å². The van der Waals surface area contributed by atoms with Gasteiger partial charge in [-0.15, -0.1) is 11.3 Å². The van der Waals surface area contributed by atoms with Crippen molar-refractivity contribution in [2.24, 2.45) is 0 Å². The summed E-state index contributed by atoms with van der Waals surface area (Å²) in [6.07, 6.45) is 3.13. The summed E-state index contributed by atoms with van der Waals surface area (Å²) in [6, 6.07) is 7.80. The minimum atomic E-state index is 0.0119. The van der Waals surface area contributed by atoms with Crippen LogP contribution in [0, 0.1) is 0 Å². The van der Waals surface area contributed by atoms with Crippen LogP contribution < -0.4 is 10.1 Å². The summed E-state index contributed by atoms with van der Waals surface area (Å²) in [6.45, 7) is 3.97. The molecule has 0 bridgehead atoms. The van der Waals surface area contributed by atoms with E-state index in [-0.39, 0.29) is 5.91 Å². The Morgan fingerprint density at radius 1 is 1.38 bits per heavy atom. The van der Waals surface area contributed by atoms with Crippen LogP contribution in [-0.4, -0.2) is 42.2 Å². The molecule has 0 saturated carbocycles. The lowest BCUT2D eigenvalue weighted by atomic mass is 10.1. The van der Waals surface area contributed by atoms with Gasteiger partial charge >= 0.3 is 0 Å². The van der Waals surface area contributed by atoms with Crippen LogP contribution in [0.5, 0.6) is 5.75 Å². The number of amides is 1. The van der Waals surface area contributed by atoms with Crippen molar-refractivity contribution in [2.75, 3.05) is 26.9 Å². The van der Waals surface area contributed by atoms with Gasteiger partial charge in [-0.2, -0.15) is 0 Å². The molecule has 0 atom stereocenters. The molecule has 26 heavy (non-hydrogen) atoms. The highest BCUT2D eigenvalue weighted by molar-refractivity contribution is 7.15. The van der Waals surface area contributed by atoms with E-state index in [0.29, 0.717) is 26.2 Å². The zero-order valence-corrected chi connectivity index (χ0v) is 15.8. The van der Waals surface area contributed by atoms with E-state index in [1.165, 1.54) is 11.3 Å². The zero-order valence-electron chi connectivity index (χ0n) is 15.0. The number of fused-ring (bicyclic) bond motifs is 1. The molecule has 1 amide bonds. The second kappa shape index (κ2) is 8.82. The molecule has 0 radical (unpaired) electrons. The highest BCUT2D eigenvalue weighted by Gasteiger charge is 2.12. The second-order valence-corrected chi connectivity index (χ2v) is 6.65. The lowest BCUT2D eigenvalue weighted by Crippen LogP contribution is -2.27. The predicted molar refractivity (Wildman–Crippen MR) is 103 cm³/mol. The highest BCUT2D eigenvalue weighted by Crippen LogP contribution is 2.26. The van der Waals surface area contributed by atoms with Crippen molar-refractivity contribution in [1.82, 2.24) is 14.7 Å². The maximum Gasteiger partial charge on any atom is 0.225 e. The molecule has 0 aliphatic carbocycles. The number of benzene rings is 1. The summed E-state index contributed by atoms with van der Waals surface area (Å²) in [7, 11) is 1.65. The van der Waals surface area contributed by atoms with E-state index in [1.807, 2.05) is 47.2 Å². The third kappa shape index (κ3) is 4.42. The van der Waals surface area contributed by atoms with E-state index in [2.05, 4.69) is 10.3 Å². The van der Waals surface area contributed by atoms with Gasteiger partial charge in [0.2, 0.25) is 5.91 Å².